The third kappa shape index (κ3) is 3.46. The summed E-state index contributed by atoms with van der Waals surface area (Å²) in [7, 11) is 0. The van der Waals surface area contributed by atoms with E-state index in [1.54, 1.807) is 6.20 Å². The largest absolute Gasteiger partial charge is 0.335 e. The zero-order valence-electron chi connectivity index (χ0n) is 11.7. The maximum absolute atomic E-state index is 14.1. The summed E-state index contributed by atoms with van der Waals surface area (Å²) >= 11 is 3.29. The molecule has 108 valence electrons. The molecule has 1 unspecified atom stereocenters. The summed E-state index contributed by atoms with van der Waals surface area (Å²) in [5.41, 5.74) is 0.681. The zero-order chi connectivity index (χ0) is 14.5. The molecule has 3 nitrogen and oxygen atoms in total. The highest BCUT2D eigenvalue weighted by Crippen LogP contribution is 2.23. The van der Waals surface area contributed by atoms with Crippen LogP contribution in [0.5, 0.6) is 0 Å². The van der Waals surface area contributed by atoms with Crippen LogP contribution in [0.4, 0.5) is 4.39 Å². The summed E-state index contributed by atoms with van der Waals surface area (Å²) in [6.45, 7) is 5.76. The van der Waals surface area contributed by atoms with Gasteiger partial charge in [0.25, 0.3) is 0 Å². The zero-order valence-corrected chi connectivity index (χ0v) is 13.3. The Balaban J connectivity index is 2.27. The number of halogens is 2. The van der Waals surface area contributed by atoms with Gasteiger partial charge in [-0.3, -0.25) is 0 Å². The van der Waals surface area contributed by atoms with Crippen LogP contribution in [0.25, 0.3) is 0 Å². The summed E-state index contributed by atoms with van der Waals surface area (Å²) in [4.78, 5) is 4.37. The maximum Gasteiger partial charge on any atom is 0.129 e. The van der Waals surface area contributed by atoms with E-state index in [4.69, 9.17) is 0 Å². The Morgan fingerprint density at radius 1 is 1.40 bits per heavy atom. The van der Waals surface area contributed by atoms with Gasteiger partial charge in [-0.25, -0.2) is 9.37 Å². The van der Waals surface area contributed by atoms with Gasteiger partial charge in [0, 0.05) is 41.4 Å². The lowest BCUT2D eigenvalue weighted by atomic mass is 10.0. The van der Waals surface area contributed by atoms with Gasteiger partial charge in [0.1, 0.15) is 11.6 Å². The predicted octanol–water partition coefficient (Wildman–Crippen LogP) is 3.70. The summed E-state index contributed by atoms with van der Waals surface area (Å²) in [5.74, 6) is 0.778. The molecular weight excluding hydrogens is 321 g/mol. The van der Waals surface area contributed by atoms with E-state index in [2.05, 4.69) is 37.7 Å². The second kappa shape index (κ2) is 6.99. The average Bonchev–Trinajstić information content (AvgIpc) is 2.85. The fourth-order valence-corrected chi connectivity index (χ4v) is 2.66. The first kappa shape index (κ1) is 15.2. The molecule has 2 aromatic rings. The summed E-state index contributed by atoms with van der Waals surface area (Å²) in [6.07, 6.45) is 4.42. The van der Waals surface area contributed by atoms with Crippen LogP contribution in [0, 0.1) is 5.82 Å². The molecule has 0 radical (unpaired) electrons. The second-order valence-corrected chi connectivity index (χ2v) is 5.53. The molecule has 20 heavy (non-hydrogen) atoms. The van der Waals surface area contributed by atoms with E-state index >= 15 is 0 Å². The lowest BCUT2D eigenvalue weighted by Crippen LogP contribution is -2.25. The third-order valence-corrected chi connectivity index (χ3v) is 3.81. The Morgan fingerprint density at radius 3 is 2.85 bits per heavy atom. The number of nitrogens with one attached hydrogen (secondary N) is 1. The van der Waals surface area contributed by atoms with Crippen molar-refractivity contribution in [2.45, 2.75) is 32.9 Å². The highest BCUT2D eigenvalue weighted by atomic mass is 79.9. The van der Waals surface area contributed by atoms with Gasteiger partial charge < -0.3 is 9.88 Å². The fraction of sp³-hybridized carbons (Fsp3) is 0.400. The molecule has 0 saturated carbocycles. The number of aryl methyl sites for hydroxylation is 1. The number of aromatic nitrogens is 2. The molecule has 1 N–H and O–H groups in total. The van der Waals surface area contributed by atoms with Crippen molar-refractivity contribution in [1.82, 2.24) is 14.9 Å². The lowest BCUT2D eigenvalue weighted by Gasteiger charge is -2.19. The first-order valence-electron chi connectivity index (χ1n) is 6.84. The molecule has 0 bridgehead atoms. The monoisotopic (exact) mass is 339 g/mol. The van der Waals surface area contributed by atoms with Crippen molar-refractivity contribution in [2.75, 3.05) is 6.54 Å². The van der Waals surface area contributed by atoms with Crippen molar-refractivity contribution < 1.29 is 4.39 Å². The molecule has 0 amide bonds. The van der Waals surface area contributed by atoms with Crippen molar-refractivity contribution in [3.63, 3.8) is 0 Å². The Hall–Kier alpha value is -1.20. The lowest BCUT2D eigenvalue weighted by molar-refractivity contribution is 0.492. The summed E-state index contributed by atoms with van der Waals surface area (Å²) in [6, 6.07) is 5.13. The standard InChI is InChI=1S/C15H19BrFN3/c1-3-18-14(10-15-19-7-8-20(15)4-2)12-6-5-11(16)9-13(12)17/h5-9,14,18H,3-4,10H2,1-2H3. The molecule has 0 saturated heterocycles. The topological polar surface area (TPSA) is 29.9 Å². The van der Waals surface area contributed by atoms with Gasteiger partial charge in [0.15, 0.2) is 0 Å². The van der Waals surface area contributed by atoms with E-state index in [1.165, 1.54) is 6.07 Å². The first-order chi connectivity index (χ1) is 9.65. The van der Waals surface area contributed by atoms with Crippen molar-refractivity contribution in [3.05, 3.63) is 52.3 Å². The smallest absolute Gasteiger partial charge is 0.129 e. The molecule has 0 aliphatic rings. The number of imidazole rings is 1. The van der Waals surface area contributed by atoms with Gasteiger partial charge >= 0.3 is 0 Å². The SMILES string of the molecule is CCNC(Cc1nccn1CC)c1ccc(Br)cc1F. The molecule has 0 aliphatic heterocycles. The number of rotatable bonds is 6. The van der Waals surface area contributed by atoms with Crippen LogP contribution in [-0.4, -0.2) is 16.1 Å². The number of benzene rings is 1. The highest BCUT2D eigenvalue weighted by Gasteiger charge is 2.17. The van der Waals surface area contributed by atoms with Crippen LogP contribution in [0.15, 0.2) is 35.1 Å². The molecule has 1 heterocycles. The van der Waals surface area contributed by atoms with Gasteiger partial charge in [-0.15, -0.1) is 0 Å². The van der Waals surface area contributed by atoms with E-state index in [0.717, 1.165) is 23.4 Å². The molecule has 1 atom stereocenters. The van der Waals surface area contributed by atoms with Crippen LogP contribution in [0.3, 0.4) is 0 Å². The van der Waals surface area contributed by atoms with E-state index in [9.17, 15) is 4.39 Å². The van der Waals surface area contributed by atoms with Crippen LogP contribution >= 0.6 is 15.9 Å². The van der Waals surface area contributed by atoms with Crippen molar-refractivity contribution in [2.24, 2.45) is 0 Å². The predicted molar refractivity (Wildman–Crippen MR) is 82.1 cm³/mol. The van der Waals surface area contributed by atoms with Crippen LogP contribution in [0.2, 0.25) is 0 Å². The molecule has 1 aromatic carbocycles. The number of nitrogens with zero attached hydrogens (tertiary/aromatic N) is 2. The number of hydrogen-bond donors (Lipinski definition) is 1. The molecule has 0 aliphatic carbocycles. The number of hydrogen-bond acceptors (Lipinski definition) is 2. The Bertz CT molecular complexity index is 568. The minimum atomic E-state index is -0.195. The minimum Gasteiger partial charge on any atom is -0.335 e. The van der Waals surface area contributed by atoms with Crippen LogP contribution < -0.4 is 5.32 Å². The van der Waals surface area contributed by atoms with Gasteiger partial charge in [-0.05, 0) is 25.6 Å². The Labute approximate surface area is 127 Å². The van der Waals surface area contributed by atoms with Gasteiger partial charge in [0.05, 0.1) is 0 Å². The minimum absolute atomic E-state index is 0.0687. The normalized spacial score (nSPS) is 12.6. The summed E-state index contributed by atoms with van der Waals surface area (Å²) in [5, 5.41) is 3.34. The maximum atomic E-state index is 14.1. The van der Waals surface area contributed by atoms with Crippen molar-refractivity contribution >= 4 is 15.9 Å². The third-order valence-electron chi connectivity index (χ3n) is 3.32. The Morgan fingerprint density at radius 2 is 2.20 bits per heavy atom. The molecule has 0 spiro atoms. The van der Waals surface area contributed by atoms with Gasteiger partial charge in [0.2, 0.25) is 0 Å². The molecule has 0 fully saturated rings. The molecule has 5 heteroatoms. The fourth-order valence-electron chi connectivity index (χ4n) is 2.32. The molecular formula is C15H19BrFN3. The molecule has 2 rings (SSSR count). The second-order valence-electron chi connectivity index (χ2n) is 4.61. The van der Waals surface area contributed by atoms with E-state index in [0.29, 0.717) is 12.0 Å². The molecule has 1 aromatic heterocycles. The first-order valence-corrected chi connectivity index (χ1v) is 7.63. The van der Waals surface area contributed by atoms with Crippen LogP contribution in [0.1, 0.15) is 31.3 Å². The van der Waals surface area contributed by atoms with E-state index in [1.807, 2.05) is 25.3 Å². The van der Waals surface area contributed by atoms with Gasteiger partial charge in [-0.2, -0.15) is 0 Å². The van der Waals surface area contributed by atoms with Crippen molar-refractivity contribution in [3.8, 4) is 0 Å². The van der Waals surface area contributed by atoms with Crippen LogP contribution in [-0.2, 0) is 13.0 Å². The summed E-state index contributed by atoms with van der Waals surface area (Å²) < 4.78 is 17.0. The van der Waals surface area contributed by atoms with Crippen molar-refractivity contribution in [1.29, 1.82) is 0 Å². The highest BCUT2D eigenvalue weighted by molar-refractivity contribution is 9.10. The number of likely N-dealkylation sites (N-methyl/N-ethyl adjacent to an activating group) is 1. The van der Waals surface area contributed by atoms with E-state index < -0.39 is 0 Å². The average molecular weight is 340 g/mol. The van der Waals surface area contributed by atoms with Gasteiger partial charge in [-0.1, -0.05) is 28.9 Å². The van der Waals surface area contributed by atoms with E-state index in [-0.39, 0.29) is 11.9 Å². The quantitative estimate of drug-likeness (QED) is 0.869. The Kier molecular flexibility index (Phi) is 5.31.